The third-order valence-electron chi connectivity index (χ3n) is 3.27. The van der Waals surface area contributed by atoms with Crippen molar-refractivity contribution in [2.24, 2.45) is 0 Å². The summed E-state index contributed by atoms with van der Waals surface area (Å²) in [4.78, 5) is 10.0. The molecule has 19 heavy (non-hydrogen) atoms. The zero-order chi connectivity index (χ0) is 14.8. The van der Waals surface area contributed by atoms with Gasteiger partial charge in [-0.25, -0.2) is 0 Å². The highest BCUT2D eigenvalue weighted by Gasteiger charge is 2.39. The van der Waals surface area contributed by atoms with Gasteiger partial charge in [0.1, 0.15) is 0 Å². The van der Waals surface area contributed by atoms with Crippen molar-refractivity contribution in [2.75, 3.05) is 0 Å². The molecule has 1 rings (SSSR count). The first-order chi connectivity index (χ1) is 8.54. The maximum absolute atomic E-state index is 10.5. The molecule has 0 fully saturated rings. The van der Waals surface area contributed by atoms with Crippen LogP contribution in [-0.2, 0) is 4.65 Å². The molecule has 0 aliphatic carbocycles. The van der Waals surface area contributed by atoms with Crippen molar-refractivity contribution >= 4 is 18.3 Å². The van der Waals surface area contributed by atoms with Crippen molar-refractivity contribution in [3.05, 3.63) is 34.4 Å². The van der Waals surface area contributed by atoms with Gasteiger partial charge in [-0.3, -0.25) is 10.1 Å². The van der Waals surface area contributed by atoms with Crippen molar-refractivity contribution < 1.29 is 19.7 Å². The summed E-state index contributed by atoms with van der Waals surface area (Å²) in [5.74, 6) is 0. The molecule has 0 aliphatic heterocycles. The SMILES string of the molecule is CC(C)(O)C(C)(C)OB(O)c1ccc([N+](=O)[O-])cc1. The molecule has 0 saturated heterocycles. The topological polar surface area (TPSA) is 92.8 Å². The van der Waals surface area contributed by atoms with Gasteiger partial charge < -0.3 is 14.8 Å². The van der Waals surface area contributed by atoms with Gasteiger partial charge in [0.25, 0.3) is 5.69 Å². The van der Waals surface area contributed by atoms with Crippen molar-refractivity contribution in [1.29, 1.82) is 0 Å². The van der Waals surface area contributed by atoms with Gasteiger partial charge in [-0.2, -0.15) is 0 Å². The molecule has 2 N–H and O–H groups in total. The van der Waals surface area contributed by atoms with E-state index in [1.807, 2.05) is 0 Å². The van der Waals surface area contributed by atoms with Gasteiger partial charge in [-0.15, -0.1) is 0 Å². The third kappa shape index (κ3) is 3.76. The Hall–Kier alpha value is -1.44. The van der Waals surface area contributed by atoms with Crippen LogP contribution in [0.1, 0.15) is 27.7 Å². The zero-order valence-corrected chi connectivity index (χ0v) is 11.5. The van der Waals surface area contributed by atoms with E-state index in [-0.39, 0.29) is 5.69 Å². The van der Waals surface area contributed by atoms with Crippen LogP contribution in [0.4, 0.5) is 5.69 Å². The highest BCUT2D eigenvalue weighted by molar-refractivity contribution is 6.60. The van der Waals surface area contributed by atoms with Crippen LogP contribution in [0.25, 0.3) is 0 Å². The Morgan fingerprint density at radius 3 is 2.05 bits per heavy atom. The summed E-state index contributed by atoms with van der Waals surface area (Å²) in [6.07, 6.45) is 0. The molecular formula is C12H18BNO5. The second kappa shape index (κ2) is 5.28. The molecule has 1 aromatic carbocycles. The average molecular weight is 267 g/mol. The lowest BCUT2D eigenvalue weighted by Gasteiger charge is -2.38. The molecule has 0 aliphatic rings. The van der Waals surface area contributed by atoms with Crippen molar-refractivity contribution in [1.82, 2.24) is 0 Å². The Kier molecular flexibility index (Phi) is 4.34. The highest BCUT2D eigenvalue weighted by atomic mass is 16.6. The van der Waals surface area contributed by atoms with Gasteiger partial charge in [0.2, 0.25) is 0 Å². The normalized spacial score (nSPS) is 12.3. The molecule has 0 saturated carbocycles. The van der Waals surface area contributed by atoms with Crippen LogP contribution in [0, 0.1) is 10.1 Å². The Labute approximate surface area is 112 Å². The Morgan fingerprint density at radius 1 is 1.21 bits per heavy atom. The monoisotopic (exact) mass is 267 g/mol. The maximum Gasteiger partial charge on any atom is 0.491 e. The van der Waals surface area contributed by atoms with Crippen LogP contribution >= 0.6 is 0 Å². The van der Waals surface area contributed by atoms with E-state index < -0.39 is 23.2 Å². The summed E-state index contributed by atoms with van der Waals surface area (Å²) in [5, 5.41) is 30.4. The number of nitro groups is 1. The van der Waals surface area contributed by atoms with Gasteiger partial charge in [0.15, 0.2) is 0 Å². The second-order valence-corrected chi connectivity index (χ2v) is 5.39. The van der Waals surface area contributed by atoms with Gasteiger partial charge in [0.05, 0.1) is 16.1 Å². The summed E-state index contributed by atoms with van der Waals surface area (Å²) in [6.45, 7) is 6.47. The minimum atomic E-state index is -1.26. The predicted octanol–water partition coefficient (Wildman–Crippen LogP) is 0.848. The van der Waals surface area contributed by atoms with E-state index in [1.165, 1.54) is 24.3 Å². The molecule has 0 aromatic heterocycles. The lowest BCUT2D eigenvalue weighted by Crippen LogP contribution is -2.53. The predicted molar refractivity (Wildman–Crippen MR) is 72.2 cm³/mol. The van der Waals surface area contributed by atoms with Gasteiger partial charge in [-0.1, -0.05) is 12.1 Å². The van der Waals surface area contributed by atoms with Crippen LogP contribution in [-0.4, -0.2) is 33.4 Å². The van der Waals surface area contributed by atoms with E-state index in [0.29, 0.717) is 5.46 Å². The number of benzene rings is 1. The summed E-state index contributed by atoms with van der Waals surface area (Å²) in [5.41, 5.74) is -1.79. The number of hydrogen-bond acceptors (Lipinski definition) is 5. The number of rotatable bonds is 5. The fourth-order valence-electron chi connectivity index (χ4n) is 1.25. The van der Waals surface area contributed by atoms with Gasteiger partial charge >= 0.3 is 7.12 Å². The molecule has 6 nitrogen and oxygen atoms in total. The van der Waals surface area contributed by atoms with Crippen molar-refractivity contribution in [3.8, 4) is 0 Å². The number of hydrogen-bond donors (Lipinski definition) is 2. The summed E-state index contributed by atoms with van der Waals surface area (Å²) in [7, 11) is -1.26. The largest absolute Gasteiger partial charge is 0.491 e. The summed E-state index contributed by atoms with van der Waals surface area (Å²) in [6, 6.07) is 5.42. The third-order valence-corrected chi connectivity index (χ3v) is 3.27. The first kappa shape index (κ1) is 15.6. The van der Waals surface area contributed by atoms with Crippen LogP contribution < -0.4 is 5.46 Å². The van der Waals surface area contributed by atoms with E-state index in [9.17, 15) is 20.2 Å². The van der Waals surface area contributed by atoms with E-state index >= 15 is 0 Å². The minimum absolute atomic E-state index is 0.0577. The molecule has 7 heteroatoms. The lowest BCUT2D eigenvalue weighted by molar-refractivity contribution is -0.384. The van der Waals surface area contributed by atoms with Gasteiger partial charge in [-0.05, 0) is 33.2 Å². The first-order valence-corrected chi connectivity index (χ1v) is 5.87. The smallest absolute Gasteiger partial charge is 0.423 e. The lowest BCUT2D eigenvalue weighted by atomic mass is 9.76. The number of aliphatic hydroxyl groups is 1. The van der Waals surface area contributed by atoms with Gasteiger partial charge in [0, 0.05) is 12.1 Å². The van der Waals surface area contributed by atoms with E-state index in [0.717, 1.165) is 0 Å². The fraction of sp³-hybridized carbons (Fsp3) is 0.500. The molecule has 104 valence electrons. The van der Waals surface area contributed by atoms with E-state index in [4.69, 9.17) is 4.65 Å². The molecular weight excluding hydrogens is 249 g/mol. The van der Waals surface area contributed by atoms with Crippen molar-refractivity contribution in [3.63, 3.8) is 0 Å². The molecule has 0 heterocycles. The Balaban J connectivity index is 2.84. The van der Waals surface area contributed by atoms with Crippen LogP contribution in [0.3, 0.4) is 0 Å². The van der Waals surface area contributed by atoms with Crippen LogP contribution in [0.5, 0.6) is 0 Å². The van der Waals surface area contributed by atoms with Crippen molar-refractivity contribution in [2.45, 2.75) is 38.9 Å². The number of nitro benzene ring substituents is 1. The second-order valence-electron chi connectivity index (χ2n) is 5.39. The van der Waals surface area contributed by atoms with E-state index in [2.05, 4.69) is 0 Å². The quantitative estimate of drug-likeness (QED) is 0.468. The molecule has 0 unspecified atom stereocenters. The molecule has 0 atom stereocenters. The fourth-order valence-corrected chi connectivity index (χ4v) is 1.25. The maximum atomic E-state index is 10.5. The summed E-state index contributed by atoms with van der Waals surface area (Å²) >= 11 is 0. The standard InChI is InChI=1S/C12H18BNO5/c1-11(2,15)12(3,4)19-13(16)9-5-7-10(8-6-9)14(17)18/h5-8,15-16H,1-4H3. The highest BCUT2D eigenvalue weighted by Crippen LogP contribution is 2.25. The molecule has 0 bridgehead atoms. The molecule has 1 aromatic rings. The molecule has 0 spiro atoms. The van der Waals surface area contributed by atoms with Crippen LogP contribution in [0.2, 0.25) is 0 Å². The van der Waals surface area contributed by atoms with E-state index in [1.54, 1.807) is 27.7 Å². The average Bonchev–Trinajstić information content (AvgIpc) is 2.27. The number of non-ortho nitro benzene ring substituents is 1. The Bertz CT molecular complexity index is 452. The Morgan fingerprint density at radius 2 is 1.68 bits per heavy atom. The molecule has 0 amide bonds. The zero-order valence-electron chi connectivity index (χ0n) is 11.5. The minimum Gasteiger partial charge on any atom is -0.423 e. The summed E-state index contributed by atoms with van der Waals surface area (Å²) < 4.78 is 5.42. The first-order valence-electron chi connectivity index (χ1n) is 5.87. The number of nitrogens with zero attached hydrogens (tertiary/aromatic N) is 1. The van der Waals surface area contributed by atoms with Crippen LogP contribution in [0.15, 0.2) is 24.3 Å². The molecule has 0 radical (unpaired) electrons.